The number of rotatable bonds is 6. The first kappa shape index (κ1) is 21.8. The molecular formula is C26H31N5O2. The Labute approximate surface area is 194 Å². The summed E-state index contributed by atoms with van der Waals surface area (Å²) in [7, 11) is 0. The second-order valence-electron chi connectivity index (χ2n) is 9.18. The summed E-state index contributed by atoms with van der Waals surface area (Å²) in [4.78, 5) is 14.1. The fourth-order valence-electron chi connectivity index (χ4n) is 5.17. The second-order valence-corrected chi connectivity index (χ2v) is 9.18. The van der Waals surface area contributed by atoms with Crippen molar-refractivity contribution in [2.75, 3.05) is 18.4 Å². The molecule has 7 nitrogen and oxygen atoms in total. The number of benzene rings is 2. The predicted octanol–water partition coefficient (Wildman–Crippen LogP) is 3.51. The van der Waals surface area contributed by atoms with Gasteiger partial charge in [-0.25, -0.2) is 4.68 Å². The van der Waals surface area contributed by atoms with Crippen LogP contribution in [0, 0.1) is 0 Å². The molecule has 0 radical (unpaired) electrons. The maximum atomic E-state index is 11.7. The van der Waals surface area contributed by atoms with Crippen molar-refractivity contribution in [1.29, 1.82) is 0 Å². The van der Waals surface area contributed by atoms with Crippen LogP contribution < -0.4 is 5.32 Å². The van der Waals surface area contributed by atoms with Crippen molar-refractivity contribution in [2.45, 2.75) is 57.2 Å². The molecule has 33 heavy (non-hydrogen) atoms. The van der Waals surface area contributed by atoms with Crippen molar-refractivity contribution >= 4 is 11.6 Å². The molecule has 2 N–H and O–H groups in total. The third kappa shape index (κ3) is 4.70. The Morgan fingerprint density at radius 3 is 2.79 bits per heavy atom. The minimum atomic E-state index is -0.467. The number of aliphatic hydroxyl groups excluding tert-OH is 1. The topological polar surface area (TPSA) is 83.3 Å². The maximum Gasteiger partial charge on any atom is 0.224 e. The van der Waals surface area contributed by atoms with Crippen molar-refractivity contribution in [3.8, 4) is 0 Å². The van der Waals surface area contributed by atoms with E-state index < -0.39 is 6.10 Å². The van der Waals surface area contributed by atoms with E-state index in [1.807, 2.05) is 42.1 Å². The van der Waals surface area contributed by atoms with Crippen LogP contribution >= 0.6 is 0 Å². The molecule has 2 aromatic carbocycles. The predicted molar refractivity (Wildman–Crippen MR) is 127 cm³/mol. The van der Waals surface area contributed by atoms with E-state index in [2.05, 4.69) is 44.8 Å². The number of aliphatic hydroxyl groups is 1. The zero-order valence-electron chi connectivity index (χ0n) is 19.0. The maximum absolute atomic E-state index is 11.7. The molecule has 0 bridgehead atoms. The summed E-state index contributed by atoms with van der Waals surface area (Å²) in [6.07, 6.45) is 4.82. The van der Waals surface area contributed by atoms with E-state index in [0.29, 0.717) is 18.8 Å². The molecule has 2 heterocycles. The van der Waals surface area contributed by atoms with Gasteiger partial charge in [0.05, 0.1) is 18.0 Å². The van der Waals surface area contributed by atoms with Crippen LogP contribution in [-0.4, -0.2) is 50.1 Å². The van der Waals surface area contributed by atoms with Crippen LogP contribution in [-0.2, 0) is 17.8 Å². The molecule has 2 aliphatic rings. The van der Waals surface area contributed by atoms with Crippen molar-refractivity contribution in [2.24, 2.45) is 0 Å². The number of anilines is 1. The Morgan fingerprint density at radius 1 is 1.15 bits per heavy atom. The van der Waals surface area contributed by atoms with Crippen LogP contribution in [0.4, 0.5) is 5.69 Å². The molecule has 1 saturated heterocycles. The highest BCUT2D eigenvalue weighted by Gasteiger charge is 2.33. The molecule has 1 aromatic heterocycles. The van der Waals surface area contributed by atoms with Crippen LogP contribution in [0.15, 0.2) is 54.7 Å². The Hall–Kier alpha value is -3.03. The number of carbonyl (C=O) groups is 1. The van der Waals surface area contributed by atoms with Gasteiger partial charge in [0.15, 0.2) is 0 Å². The van der Waals surface area contributed by atoms with Crippen molar-refractivity contribution < 1.29 is 9.90 Å². The Bertz CT molecular complexity index is 1120. The highest BCUT2D eigenvalue weighted by atomic mass is 16.3. The highest BCUT2D eigenvalue weighted by Crippen LogP contribution is 2.34. The van der Waals surface area contributed by atoms with Crippen molar-refractivity contribution in [3.05, 3.63) is 77.1 Å². The lowest BCUT2D eigenvalue weighted by Crippen LogP contribution is -2.32. The van der Waals surface area contributed by atoms with E-state index in [1.165, 1.54) is 11.1 Å². The fourth-order valence-corrected chi connectivity index (χ4v) is 5.17. The van der Waals surface area contributed by atoms with Gasteiger partial charge in [-0.1, -0.05) is 48.5 Å². The molecule has 0 unspecified atom stereocenters. The van der Waals surface area contributed by atoms with E-state index in [9.17, 15) is 9.90 Å². The number of carbonyl (C=O) groups excluding carboxylic acids is 1. The smallest absolute Gasteiger partial charge is 0.224 e. The lowest BCUT2D eigenvalue weighted by atomic mass is 9.89. The first-order chi connectivity index (χ1) is 16.1. The highest BCUT2D eigenvalue weighted by molar-refractivity contribution is 5.90. The van der Waals surface area contributed by atoms with Crippen LogP contribution in [0.5, 0.6) is 0 Å². The second kappa shape index (κ2) is 9.45. The first-order valence-electron chi connectivity index (χ1n) is 11.9. The van der Waals surface area contributed by atoms with Crippen LogP contribution in [0.25, 0.3) is 0 Å². The van der Waals surface area contributed by atoms with Gasteiger partial charge in [0, 0.05) is 25.1 Å². The van der Waals surface area contributed by atoms with E-state index in [4.69, 9.17) is 0 Å². The van der Waals surface area contributed by atoms with Gasteiger partial charge in [0.2, 0.25) is 5.91 Å². The lowest BCUT2D eigenvalue weighted by Gasteiger charge is -2.31. The molecule has 5 rings (SSSR count). The molecule has 7 heteroatoms. The molecule has 1 aliphatic carbocycles. The molecular weight excluding hydrogens is 414 g/mol. The van der Waals surface area contributed by atoms with Crippen molar-refractivity contribution in [1.82, 2.24) is 19.9 Å². The molecule has 172 valence electrons. The molecule has 0 spiro atoms. The zero-order valence-corrected chi connectivity index (χ0v) is 19.0. The summed E-state index contributed by atoms with van der Waals surface area (Å²) >= 11 is 0. The van der Waals surface area contributed by atoms with Gasteiger partial charge in [-0.05, 0) is 60.7 Å². The van der Waals surface area contributed by atoms with E-state index >= 15 is 0 Å². The van der Waals surface area contributed by atoms with Gasteiger partial charge in [-0.3, -0.25) is 9.69 Å². The summed E-state index contributed by atoms with van der Waals surface area (Å²) < 4.78 is 1.83. The minimum absolute atomic E-state index is 0.0450. The molecule has 3 aromatic rings. The van der Waals surface area contributed by atoms with Crippen LogP contribution in [0.2, 0.25) is 0 Å². The number of aromatic nitrogens is 3. The van der Waals surface area contributed by atoms with Crippen LogP contribution in [0.1, 0.15) is 60.5 Å². The number of hydrogen-bond acceptors (Lipinski definition) is 5. The summed E-state index contributed by atoms with van der Waals surface area (Å²) in [6.45, 7) is 4.63. The van der Waals surface area contributed by atoms with Gasteiger partial charge in [0.1, 0.15) is 6.04 Å². The average molecular weight is 446 g/mol. The number of hydrogen-bond donors (Lipinski definition) is 2. The Kier molecular flexibility index (Phi) is 6.24. The number of likely N-dealkylation sites (tertiary alicyclic amines) is 1. The van der Waals surface area contributed by atoms with Gasteiger partial charge >= 0.3 is 0 Å². The molecule has 2 atom stereocenters. The monoisotopic (exact) mass is 445 g/mol. The molecule has 0 saturated carbocycles. The van der Waals surface area contributed by atoms with E-state index in [-0.39, 0.29) is 11.9 Å². The number of nitrogens with zero attached hydrogens (tertiary/aromatic N) is 4. The quantitative estimate of drug-likeness (QED) is 0.607. The summed E-state index contributed by atoms with van der Waals surface area (Å²) in [6, 6.07) is 16.3. The standard InChI is InChI=1S/C26H31N5O2/c1-2-25(33)27-21-8-5-7-19(14-21)18-10-12-30(13-11-18)16-22-17-31(29-28-22)26-23-9-4-3-6-20(23)15-24(26)32/h3-9,14,17-18,24,26,32H,2,10-13,15-16H2,1H3,(H,27,33)/t24-,26-/m1/s1. The van der Waals surface area contributed by atoms with Gasteiger partial charge in [-0.2, -0.15) is 0 Å². The van der Waals surface area contributed by atoms with Crippen molar-refractivity contribution in [3.63, 3.8) is 0 Å². The number of piperidine rings is 1. The minimum Gasteiger partial charge on any atom is -0.390 e. The summed E-state index contributed by atoms with van der Waals surface area (Å²) in [5.74, 6) is 0.546. The zero-order chi connectivity index (χ0) is 22.8. The summed E-state index contributed by atoms with van der Waals surface area (Å²) in [5, 5.41) is 22.3. The first-order valence-corrected chi connectivity index (χ1v) is 11.9. The molecule has 1 fully saturated rings. The van der Waals surface area contributed by atoms with Gasteiger partial charge in [0.25, 0.3) is 0 Å². The SMILES string of the molecule is CCC(=O)Nc1cccc(C2CCN(Cc3cn([C@@H]4c5ccccc5C[C@H]4O)nn3)CC2)c1. The van der Waals surface area contributed by atoms with Gasteiger partial charge in [-0.15, -0.1) is 5.10 Å². The third-order valence-corrected chi connectivity index (χ3v) is 6.95. The average Bonchev–Trinajstić information content (AvgIpc) is 3.42. The number of fused-ring (bicyclic) bond motifs is 1. The largest absolute Gasteiger partial charge is 0.390 e. The lowest BCUT2D eigenvalue weighted by molar-refractivity contribution is -0.115. The van der Waals surface area contributed by atoms with Crippen LogP contribution in [0.3, 0.4) is 0 Å². The summed E-state index contributed by atoms with van der Waals surface area (Å²) in [5.41, 5.74) is 5.44. The normalized spacial score (nSPS) is 21.2. The number of amides is 1. The van der Waals surface area contributed by atoms with E-state index in [0.717, 1.165) is 49.4 Å². The fraction of sp³-hybridized carbons (Fsp3) is 0.423. The van der Waals surface area contributed by atoms with E-state index in [1.54, 1.807) is 0 Å². The number of nitrogens with one attached hydrogen (secondary N) is 1. The Morgan fingerprint density at radius 2 is 1.97 bits per heavy atom. The van der Waals surface area contributed by atoms with Gasteiger partial charge < -0.3 is 10.4 Å². The molecule has 1 amide bonds. The molecule has 1 aliphatic heterocycles. The third-order valence-electron chi connectivity index (χ3n) is 6.95. The Balaban J connectivity index is 1.19.